The van der Waals surface area contributed by atoms with Crippen molar-refractivity contribution >= 4 is 23.4 Å². The van der Waals surface area contributed by atoms with E-state index in [2.05, 4.69) is 0 Å². The average molecular weight is 380 g/mol. The Morgan fingerprint density at radius 2 is 1.88 bits per heavy atom. The molecule has 1 amide bonds. The third-order valence-electron chi connectivity index (χ3n) is 4.95. The van der Waals surface area contributed by atoms with Gasteiger partial charge in [-0.05, 0) is 76.8 Å². The number of rotatable bonds is 4. The molecule has 1 heterocycles. The van der Waals surface area contributed by atoms with Gasteiger partial charge in [-0.25, -0.2) is 9.59 Å². The molecule has 0 aliphatic heterocycles. The van der Waals surface area contributed by atoms with E-state index < -0.39 is 5.60 Å². The maximum Gasteiger partial charge on any atom is 0.410 e. The Labute approximate surface area is 159 Å². The predicted octanol–water partition coefficient (Wildman–Crippen LogP) is 4.53. The van der Waals surface area contributed by atoms with Crippen LogP contribution in [0.3, 0.4) is 0 Å². The molecule has 0 radical (unpaired) electrons. The first kappa shape index (κ1) is 19.2. The van der Waals surface area contributed by atoms with Crippen molar-refractivity contribution in [3.63, 3.8) is 0 Å². The summed E-state index contributed by atoms with van der Waals surface area (Å²) in [4.78, 5) is 28.6. The van der Waals surface area contributed by atoms with Gasteiger partial charge < -0.3 is 14.4 Å². The first-order valence-corrected chi connectivity index (χ1v) is 10.3. The number of amides is 1. The Hall–Kier alpha value is -1.56. The predicted molar refractivity (Wildman–Crippen MR) is 102 cm³/mol. The highest BCUT2D eigenvalue weighted by atomic mass is 32.1. The van der Waals surface area contributed by atoms with Gasteiger partial charge in [0.1, 0.15) is 10.5 Å². The van der Waals surface area contributed by atoms with Gasteiger partial charge in [0.15, 0.2) is 0 Å². The second kappa shape index (κ2) is 7.22. The standard InChI is InChI=1S/C20H29NO4S/c1-6-24-18(22)17-14-10-9-13(21(5)19(23)25-20(2,3)4)11-15(14)16(26-17)12-7-8-12/h12-13H,6-11H2,1-5H3. The highest BCUT2D eigenvalue weighted by molar-refractivity contribution is 7.14. The topological polar surface area (TPSA) is 55.8 Å². The minimum absolute atomic E-state index is 0.111. The van der Waals surface area contributed by atoms with Crippen molar-refractivity contribution < 1.29 is 19.1 Å². The molecule has 6 heteroatoms. The number of hydrogen-bond acceptors (Lipinski definition) is 5. The molecular formula is C20H29NO4S. The fourth-order valence-corrected chi connectivity index (χ4v) is 4.95. The molecule has 1 unspecified atom stereocenters. The summed E-state index contributed by atoms with van der Waals surface area (Å²) >= 11 is 1.62. The SMILES string of the molecule is CCOC(=O)c1sc(C2CC2)c2c1CCC(N(C)C(=O)OC(C)(C)C)C2. The number of thiophene rings is 1. The average Bonchev–Trinajstić information content (AvgIpc) is 3.33. The largest absolute Gasteiger partial charge is 0.462 e. The van der Waals surface area contributed by atoms with Crippen LogP contribution < -0.4 is 0 Å². The molecular weight excluding hydrogens is 350 g/mol. The van der Waals surface area contributed by atoms with Crippen LogP contribution in [0.5, 0.6) is 0 Å². The van der Waals surface area contributed by atoms with Gasteiger partial charge in [-0.15, -0.1) is 11.3 Å². The van der Waals surface area contributed by atoms with Crippen molar-refractivity contribution in [1.29, 1.82) is 0 Å². The van der Waals surface area contributed by atoms with Crippen molar-refractivity contribution in [2.24, 2.45) is 0 Å². The van der Waals surface area contributed by atoms with Gasteiger partial charge in [-0.2, -0.15) is 0 Å². The van der Waals surface area contributed by atoms with Gasteiger partial charge in [-0.1, -0.05) is 0 Å². The first-order chi connectivity index (χ1) is 12.2. The van der Waals surface area contributed by atoms with Crippen LogP contribution in [0, 0.1) is 0 Å². The number of esters is 1. The number of ether oxygens (including phenoxy) is 2. The molecule has 1 saturated carbocycles. The first-order valence-electron chi connectivity index (χ1n) is 9.48. The van der Waals surface area contributed by atoms with Crippen LogP contribution in [0.1, 0.15) is 78.6 Å². The number of fused-ring (bicyclic) bond motifs is 1. The summed E-state index contributed by atoms with van der Waals surface area (Å²) in [6.45, 7) is 7.88. The Morgan fingerprint density at radius 3 is 2.46 bits per heavy atom. The summed E-state index contributed by atoms with van der Waals surface area (Å²) in [6.07, 6.45) is 4.57. The highest BCUT2D eigenvalue weighted by Crippen LogP contribution is 2.49. The second-order valence-corrected chi connectivity index (χ2v) is 9.29. The minimum Gasteiger partial charge on any atom is -0.462 e. The summed E-state index contributed by atoms with van der Waals surface area (Å²) in [6, 6.07) is 0.111. The lowest BCUT2D eigenvalue weighted by Crippen LogP contribution is -2.43. The van der Waals surface area contributed by atoms with Crippen LogP contribution in [0.2, 0.25) is 0 Å². The number of carbonyl (C=O) groups excluding carboxylic acids is 2. The van der Waals surface area contributed by atoms with E-state index in [0.717, 1.165) is 29.7 Å². The summed E-state index contributed by atoms with van der Waals surface area (Å²) in [7, 11) is 1.82. The van der Waals surface area contributed by atoms with E-state index in [1.54, 1.807) is 16.2 Å². The molecule has 0 bridgehead atoms. The van der Waals surface area contributed by atoms with Crippen molar-refractivity contribution in [2.45, 2.75) is 77.4 Å². The van der Waals surface area contributed by atoms with Crippen molar-refractivity contribution in [2.75, 3.05) is 13.7 Å². The third kappa shape index (κ3) is 4.05. The van der Waals surface area contributed by atoms with E-state index in [0.29, 0.717) is 12.5 Å². The van der Waals surface area contributed by atoms with E-state index in [1.165, 1.54) is 23.3 Å². The van der Waals surface area contributed by atoms with Crippen LogP contribution in [0.25, 0.3) is 0 Å². The quantitative estimate of drug-likeness (QED) is 0.722. The number of carbonyl (C=O) groups is 2. The maximum atomic E-state index is 12.4. The summed E-state index contributed by atoms with van der Waals surface area (Å²) in [5.74, 6) is 0.391. The van der Waals surface area contributed by atoms with E-state index in [9.17, 15) is 9.59 Å². The van der Waals surface area contributed by atoms with Gasteiger partial charge in [0, 0.05) is 18.0 Å². The molecule has 0 spiro atoms. The van der Waals surface area contributed by atoms with Gasteiger partial charge in [0.2, 0.25) is 0 Å². The Balaban J connectivity index is 1.81. The van der Waals surface area contributed by atoms with Gasteiger partial charge in [0.05, 0.1) is 6.61 Å². The molecule has 26 heavy (non-hydrogen) atoms. The molecule has 1 aromatic rings. The lowest BCUT2D eigenvalue weighted by atomic mass is 9.87. The van der Waals surface area contributed by atoms with Gasteiger partial charge in [-0.3, -0.25) is 0 Å². The lowest BCUT2D eigenvalue weighted by Gasteiger charge is -2.33. The molecule has 1 aromatic heterocycles. The molecule has 1 atom stereocenters. The van der Waals surface area contributed by atoms with Crippen molar-refractivity contribution in [3.05, 3.63) is 20.9 Å². The summed E-state index contributed by atoms with van der Waals surface area (Å²) in [5, 5.41) is 0. The molecule has 144 valence electrons. The number of likely N-dealkylation sites (N-methyl/N-ethyl adjacent to an activating group) is 1. The van der Waals surface area contributed by atoms with Crippen LogP contribution in [-0.2, 0) is 22.3 Å². The molecule has 3 rings (SSSR count). The molecule has 0 saturated heterocycles. The summed E-state index contributed by atoms with van der Waals surface area (Å²) < 4.78 is 10.8. The number of nitrogens with zero attached hydrogens (tertiary/aromatic N) is 1. The highest BCUT2D eigenvalue weighted by Gasteiger charge is 2.37. The monoisotopic (exact) mass is 379 g/mol. The van der Waals surface area contributed by atoms with E-state index in [1.807, 2.05) is 34.7 Å². The van der Waals surface area contributed by atoms with Crippen molar-refractivity contribution in [3.8, 4) is 0 Å². The van der Waals surface area contributed by atoms with Crippen LogP contribution in [-0.4, -0.2) is 42.3 Å². The zero-order valence-corrected chi connectivity index (χ0v) is 17.2. The van der Waals surface area contributed by atoms with Gasteiger partial charge >= 0.3 is 12.1 Å². The Kier molecular flexibility index (Phi) is 5.33. The molecule has 2 aliphatic carbocycles. The van der Waals surface area contributed by atoms with Gasteiger partial charge in [0.25, 0.3) is 0 Å². The lowest BCUT2D eigenvalue weighted by molar-refractivity contribution is 0.0209. The molecule has 2 aliphatic rings. The minimum atomic E-state index is -0.496. The molecule has 1 fully saturated rings. The fourth-order valence-electron chi connectivity index (χ4n) is 3.51. The third-order valence-corrected chi connectivity index (χ3v) is 6.37. The van der Waals surface area contributed by atoms with Crippen LogP contribution in [0.4, 0.5) is 4.79 Å². The second-order valence-electron chi connectivity index (χ2n) is 8.24. The number of hydrogen-bond donors (Lipinski definition) is 0. The van der Waals surface area contributed by atoms with Crippen LogP contribution >= 0.6 is 11.3 Å². The zero-order valence-electron chi connectivity index (χ0n) is 16.4. The molecule has 5 nitrogen and oxygen atoms in total. The van der Waals surface area contributed by atoms with Crippen molar-refractivity contribution in [1.82, 2.24) is 4.90 Å². The molecule has 0 aromatic carbocycles. The Bertz CT molecular complexity index is 699. The van der Waals surface area contributed by atoms with Crippen LogP contribution in [0.15, 0.2) is 0 Å². The Morgan fingerprint density at radius 1 is 1.19 bits per heavy atom. The zero-order chi connectivity index (χ0) is 19.1. The van der Waals surface area contributed by atoms with E-state index >= 15 is 0 Å². The van der Waals surface area contributed by atoms with E-state index in [-0.39, 0.29) is 18.1 Å². The normalized spacial score (nSPS) is 19.7. The smallest absolute Gasteiger partial charge is 0.410 e. The molecule has 0 N–H and O–H groups in total. The summed E-state index contributed by atoms with van der Waals surface area (Å²) in [5.41, 5.74) is 1.94. The maximum absolute atomic E-state index is 12.4. The fraction of sp³-hybridized carbons (Fsp3) is 0.700. The van der Waals surface area contributed by atoms with E-state index in [4.69, 9.17) is 9.47 Å².